The summed E-state index contributed by atoms with van der Waals surface area (Å²) in [5.74, 6) is 0.887. The smallest absolute Gasteiger partial charge is 0.119 e. The van der Waals surface area contributed by atoms with Gasteiger partial charge in [-0.05, 0) is 43.4 Å². The topological polar surface area (TPSA) is 41.8 Å². The van der Waals surface area contributed by atoms with Gasteiger partial charge >= 0.3 is 0 Å². The molecular formula is C16H23NO2. The second-order valence-corrected chi connectivity index (χ2v) is 5.13. The SMILES string of the molecule is CCCCCCOc1ccc2c(c1)/C(=N\O)CCC2. The molecule has 0 saturated carbocycles. The molecule has 1 aliphatic carbocycles. The van der Waals surface area contributed by atoms with Crippen molar-refractivity contribution in [2.24, 2.45) is 5.16 Å². The summed E-state index contributed by atoms with van der Waals surface area (Å²) >= 11 is 0. The normalized spacial score (nSPS) is 16.4. The van der Waals surface area contributed by atoms with E-state index < -0.39 is 0 Å². The van der Waals surface area contributed by atoms with Gasteiger partial charge in [-0.3, -0.25) is 0 Å². The quantitative estimate of drug-likeness (QED) is 0.474. The van der Waals surface area contributed by atoms with Crippen molar-refractivity contribution in [2.75, 3.05) is 6.61 Å². The predicted octanol–water partition coefficient (Wildman–Crippen LogP) is 4.16. The molecule has 0 spiro atoms. The zero-order valence-corrected chi connectivity index (χ0v) is 11.7. The van der Waals surface area contributed by atoms with Gasteiger partial charge in [0.2, 0.25) is 0 Å². The number of hydrogen-bond donors (Lipinski definition) is 1. The Hall–Kier alpha value is -1.51. The number of fused-ring (bicyclic) bond motifs is 1. The van der Waals surface area contributed by atoms with E-state index in [-0.39, 0.29) is 0 Å². The second-order valence-electron chi connectivity index (χ2n) is 5.13. The highest BCUT2D eigenvalue weighted by Crippen LogP contribution is 2.26. The Labute approximate surface area is 115 Å². The minimum atomic E-state index is 0.768. The second kappa shape index (κ2) is 7.17. The van der Waals surface area contributed by atoms with Crippen LogP contribution in [0.5, 0.6) is 5.75 Å². The third-order valence-corrected chi connectivity index (χ3v) is 3.64. The average molecular weight is 261 g/mol. The third kappa shape index (κ3) is 3.72. The number of nitrogens with zero attached hydrogens (tertiary/aromatic N) is 1. The lowest BCUT2D eigenvalue weighted by Crippen LogP contribution is -2.12. The van der Waals surface area contributed by atoms with Gasteiger partial charge in [-0.15, -0.1) is 0 Å². The van der Waals surface area contributed by atoms with Gasteiger partial charge < -0.3 is 9.94 Å². The molecule has 0 unspecified atom stereocenters. The molecule has 3 heteroatoms. The predicted molar refractivity (Wildman–Crippen MR) is 77.3 cm³/mol. The highest BCUT2D eigenvalue weighted by Gasteiger charge is 2.16. The molecule has 0 aliphatic heterocycles. The average Bonchev–Trinajstić information content (AvgIpc) is 2.46. The summed E-state index contributed by atoms with van der Waals surface area (Å²) in [6.45, 7) is 2.98. The van der Waals surface area contributed by atoms with Crippen LogP contribution < -0.4 is 4.74 Å². The summed E-state index contributed by atoms with van der Waals surface area (Å²) < 4.78 is 5.77. The van der Waals surface area contributed by atoms with E-state index in [1.54, 1.807) is 0 Å². The molecule has 0 heterocycles. The van der Waals surface area contributed by atoms with Gasteiger partial charge in [-0.1, -0.05) is 37.4 Å². The summed E-state index contributed by atoms with van der Waals surface area (Å²) in [6, 6.07) is 6.14. The van der Waals surface area contributed by atoms with Crippen molar-refractivity contribution in [3.63, 3.8) is 0 Å². The van der Waals surface area contributed by atoms with Gasteiger partial charge in [0.05, 0.1) is 12.3 Å². The van der Waals surface area contributed by atoms with E-state index in [0.29, 0.717) is 0 Å². The number of hydrogen-bond acceptors (Lipinski definition) is 3. The van der Waals surface area contributed by atoms with Gasteiger partial charge in [0.25, 0.3) is 0 Å². The van der Waals surface area contributed by atoms with Crippen molar-refractivity contribution in [3.8, 4) is 5.75 Å². The molecule has 1 N–H and O–H groups in total. The number of aryl methyl sites for hydroxylation is 1. The first-order valence-corrected chi connectivity index (χ1v) is 7.32. The van der Waals surface area contributed by atoms with Gasteiger partial charge in [-0.25, -0.2) is 0 Å². The Morgan fingerprint density at radius 1 is 1.21 bits per heavy atom. The fraction of sp³-hybridized carbons (Fsp3) is 0.562. The lowest BCUT2D eigenvalue weighted by Gasteiger charge is -2.18. The van der Waals surface area contributed by atoms with E-state index in [2.05, 4.69) is 18.1 Å². The first-order valence-electron chi connectivity index (χ1n) is 7.32. The van der Waals surface area contributed by atoms with Crippen LogP contribution in [0.1, 0.15) is 56.6 Å². The van der Waals surface area contributed by atoms with Crippen LogP contribution in [-0.4, -0.2) is 17.5 Å². The zero-order chi connectivity index (χ0) is 13.5. The molecule has 0 atom stereocenters. The van der Waals surface area contributed by atoms with Crippen molar-refractivity contribution < 1.29 is 9.94 Å². The van der Waals surface area contributed by atoms with Crippen molar-refractivity contribution in [1.29, 1.82) is 0 Å². The van der Waals surface area contributed by atoms with Gasteiger partial charge in [0.15, 0.2) is 0 Å². The van der Waals surface area contributed by atoms with Crippen molar-refractivity contribution in [2.45, 2.75) is 51.9 Å². The van der Waals surface area contributed by atoms with E-state index in [1.807, 2.05) is 12.1 Å². The summed E-state index contributed by atoms with van der Waals surface area (Å²) in [6.07, 6.45) is 7.82. The molecule has 2 rings (SSSR count). The van der Waals surface area contributed by atoms with Crippen LogP contribution in [0.3, 0.4) is 0 Å². The Morgan fingerprint density at radius 3 is 2.89 bits per heavy atom. The number of ether oxygens (including phenoxy) is 1. The summed E-state index contributed by atoms with van der Waals surface area (Å²) in [4.78, 5) is 0. The fourth-order valence-corrected chi connectivity index (χ4v) is 2.54. The standard InChI is InChI=1S/C16H23NO2/c1-2-3-4-5-11-19-14-10-9-13-7-6-8-16(17-18)15(13)12-14/h9-10,12,18H,2-8,11H2,1H3/b17-16-. The molecule has 0 amide bonds. The molecule has 104 valence electrons. The van der Waals surface area contributed by atoms with E-state index in [1.165, 1.54) is 24.8 Å². The lowest BCUT2D eigenvalue weighted by molar-refractivity contribution is 0.304. The van der Waals surface area contributed by atoms with Crippen LogP contribution in [0.2, 0.25) is 0 Å². The zero-order valence-electron chi connectivity index (χ0n) is 11.7. The Balaban J connectivity index is 1.96. The minimum absolute atomic E-state index is 0.768. The molecule has 0 fully saturated rings. The van der Waals surface area contributed by atoms with Gasteiger partial charge in [-0.2, -0.15) is 0 Å². The largest absolute Gasteiger partial charge is 0.494 e. The number of rotatable bonds is 6. The molecule has 1 aromatic rings. The Morgan fingerprint density at radius 2 is 2.11 bits per heavy atom. The molecule has 3 nitrogen and oxygen atoms in total. The Kier molecular flexibility index (Phi) is 5.25. The van der Waals surface area contributed by atoms with Crippen molar-refractivity contribution in [1.82, 2.24) is 0 Å². The maximum atomic E-state index is 9.05. The Bertz CT molecular complexity index is 440. The van der Waals surface area contributed by atoms with Crippen LogP contribution >= 0.6 is 0 Å². The van der Waals surface area contributed by atoms with Crippen molar-refractivity contribution >= 4 is 5.71 Å². The molecule has 0 saturated heterocycles. The number of benzene rings is 1. The molecule has 0 bridgehead atoms. The van der Waals surface area contributed by atoms with Crippen LogP contribution in [0.4, 0.5) is 0 Å². The van der Waals surface area contributed by atoms with Crippen LogP contribution in [0, 0.1) is 0 Å². The number of unbranched alkanes of at least 4 members (excludes halogenated alkanes) is 3. The van der Waals surface area contributed by atoms with Crippen LogP contribution in [0.25, 0.3) is 0 Å². The monoisotopic (exact) mass is 261 g/mol. The van der Waals surface area contributed by atoms with Crippen LogP contribution in [-0.2, 0) is 6.42 Å². The fourth-order valence-electron chi connectivity index (χ4n) is 2.54. The maximum absolute atomic E-state index is 9.05. The van der Waals surface area contributed by atoms with Crippen molar-refractivity contribution in [3.05, 3.63) is 29.3 Å². The maximum Gasteiger partial charge on any atom is 0.119 e. The van der Waals surface area contributed by atoms with E-state index in [0.717, 1.165) is 49.3 Å². The number of oxime groups is 1. The molecule has 1 aromatic carbocycles. The van der Waals surface area contributed by atoms with E-state index in [4.69, 9.17) is 9.94 Å². The van der Waals surface area contributed by atoms with Crippen LogP contribution in [0.15, 0.2) is 23.4 Å². The van der Waals surface area contributed by atoms with E-state index in [9.17, 15) is 0 Å². The third-order valence-electron chi connectivity index (χ3n) is 3.64. The summed E-state index contributed by atoms with van der Waals surface area (Å²) in [5, 5.41) is 12.5. The molecule has 0 aromatic heterocycles. The summed E-state index contributed by atoms with van der Waals surface area (Å²) in [7, 11) is 0. The molecule has 19 heavy (non-hydrogen) atoms. The van der Waals surface area contributed by atoms with Gasteiger partial charge in [0, 0.05) is 5.56 Å². The first kappa shape index (κ1) is 13.9. The van der Waals surface area contributed by atoms with Gasteiger partial charge in [0.1, 0.15) is 5.75 Å². The summed E-state index contributed by atoms with van der Waals surface area (Å²) in [5.41, 5.74) is 3.11. The highest BCUT2D eigenvalue weighted by molar-refractivity contribution is 6.02. The van der Waals surface area contributed by atoms with E-state index >= 15 is 0 Å². The molecule has 1 aliphatic rings. The molecule has 0 radical (unpaired) electrons. The lowest BCUT2D eigenvalue weighted by atomic mass is 9.90. The molecular weight excluding hydrogens is 238 g/mol. The first-order chi connectivity index (χ1) is 9.35. The minimum Gasteiger partial charge on any atom is -0.494 e. The highest BCUT2D eigenvalue weighted by atomic mass is 16.5.